The van der Waals surface area contributed by atoms with E-state index in [2.05, 4.69) is 15.5 Å². The van der Waals surface area contributed by atoms with Crippen LogP contribution in [0.1, 0.15) is 72.5 Å². The van der Waals surface area contributed by atoms with E-state index in [4.69, 9.17) is 14.2 Å². The molecule has 0 aromatic heterocycles. The van der Waals surface area contributed by atoms with Gasteiger partial charge in [0.05, 0.1) is 37.2 Å². The molecule has 13 heteroatoms. The molecule has 4 amide bonds. The fourth-order valence-corrected chi connectivity index (χ4v) is 6.96. The smallest absolute Gasteiger partial charge is 0.338 e. The van der Waals surface area contributed by atoms with Crippen molar-refractivity contribution >= 4 is 24.0 Å². The topological polar surface area (TPSA) is 127 Å². The van der Waals surface area contributed by atoms with Crippen molar-refractivity contribution in [3.8, 4) is 0 Å². The van der Waals surface area contributed by atoms with E-state index in [-0.39, 0.29) is 41.4 Å². The second-order valence-corrected chi connectivity index (χ2v) is 11.9. The molecule has 2 aromatic carbocycles. The van der Waals surface area contributed by atoms with E-state index >= 15 is 0 Å². The lowest BCUT2D eigenvalue weighted by molar-refractivity contribution is -0.137. The number of carbonyl (C=O) groups excluding carboxylic acids is 4. The van der Waals surface area contributed by atoms with Crippen molar-refractivity contribution in [1.82, 2.24) is 20.4 Å². The number of benzene rings is 2. The summed E-state index contributed by atoms with van der Waals surface area (Å²) in [6, 6.07) is 7.50. The number of methoxy groups -OCH3 is 2. The van der Waals surface area contributed by atoms with E-state index < -0.39 is 35.7 Å². The number of urea groups is 2. The van der Waals surface area contributed by atoms with Crippen LogP contribution in [0.2, 0.25) is 0 Å². The lowest BCUT2D eigenvalue weighted by atomic mass is 9.79. The second-order valence-electron chi connectivity index (χ2n) is 11.9. The van der Waals surface area contributed by atoms with E-state index in [1.54, 1.807) is 6.92 Å². The summed E-state index contributed by atoms with van der Waals surface area (Å²) in [5.74, 6) is -3.24. The molecule has 2 atom stereocenters. The summed E-state index contributed by atoms with van der Waals surface area (Å²) in [5.41, 5.74) is 1.56. The van der Waals surface area contributed by atoms with Gasteiger partial charge in [-0.1, -0.05) is 24.3 Å². The molecular formula is C34H40F2N4O7. The molecule has 1 aliphatic carbocycles. The van der Waals surface area contributed by atoms with E-state index in [1.807, 2.05) is 24.3 Å². The minimum Gasteiger partial charge on any atom is -0.466 e. The zero-order valence-corrected chi connectivity index (χ0v) is 26.7. The molecule has 47 heavy (non-hydrogen) atoms. The Kier molecular flexibility index (Phi) is 10.9. The Morgan fingerprint density at radius 3 is 2.40 bits per heavy atom. The van der Waals surface area contributed by atoms with Crippen molar-refractivity contribution in [2.75, 3.05) is 40.5 Å². The number of amides is 4. The molecule has 5 rings (SSSR count). The molecular weight excluding hydrogens is 614 g/mol. The molecule has 252 valence electrons. The van der Waals surface area contributed by atoms with Crippen LogP contribution in [0, 0.1) is 11.6 Å². The molecule has 0 radical (unpaired) electrons. The van der Waals surface area contributed by atoms with Gasteiger partial charge in [-0.15, -0.1) is 0 Å². The number of esters is 2. The van der Waals surface area contributed by atoms with Crippen molar-refractivity contribution in [2.24, 2.45) is 0 Å². The highest BCUT2D eigenvalue weighted by molar-refractivity contribution is 6.02. The Bertz CT molecular complexity index is 1540. The minimum atomic E-state index is -1.40. The van der Waals surface area contributed by atoms with Gasteiger partial charge in [0.2, 0.25) is 0 Å². The molecule has 1 unspecified atom stereocenters. The lowest BCUT2D eigenvalue weighted by Gasteiger charge is -2.37. The molecule has 1 saturated heterocycles. The summed E-state index contributed by atoms with van der Waals surface area (Å²) in [4.78, 5) is 55.7. The quantitative estimate of drug-likeness (QED) is 0.370. The van der Waals surface area contributed by atoms with Gasteiger partial charge in [-0.05, 0) is 74.3 Å². The van der Waals surface area contributed by atoms with Crippen molar-refractivity contribution < 1.29 is 42.2 Å². The maximum Gasteiger partial charge on any atom is 0.338 e. The standard InChI is InChI=1S/C34H40F2N4O7/c1-4-47-31(41)25-8-6-5-7-24(25)20-9-12-23(13-10-20)39-16-15-22(18-39)37-33(43)40-30(21-11-14-26(35)27(36)17-21)29(32(42)46-3)28(19-45-2)38-34(40)44/h5-8,11,14,17,20,22-23,30H,4,9-10,12-13,15-16,18-19H2,1-3H3,(H,37,43)(H,38,44)/t20?,22?,23?,30-/m0/s1. The van der Waals surface area contributed by atoms with Gasteiger partial charge in [-0.2, -0.15) is 0 Å². The lowest BCUT2D eigenvalue weighted by Crippen LogP contribution is -2.56. The number of ether oxygens (including phenoxy) is 3. The zero-order valence-electron chi connectivity index (χ0n) is 26.7. The first-order valence-electron chi connectivity index (χ1n) is 15.8. The maximum atomic E-state index is 14.4. The van der Waals surface area contributed by atoms with Gasteiger partial charge in [-0.3, -0.25) is 4.90 Å². The number of imide groups is 1. The maximum absolute atomic E-state index is 14.4. The molecule has 2 aliphatic heterocycles. The molecule has 2 aromatic rings. The number of nitrogens with one attached hydrogen (secondary N) is 2. The van der Waals surface area contributed by atoms with Gasteiger partial charge >= 0.3 is 24.0 Å². The summed E-state index contributed by atoms with van der Waals surface area (Å²) < 4.78 is 43.6. The number of carbonyl (C=O) groups is 4. The summed E-state index contributed by atoms with van der Waals surface area (Å²) in [7, 11) is 2.50. The van der Waals surface area contributed by atoms with E-state index in [9.17, 15) is 28.0 Å². The number of hydrogen-bond donors (Lipinski definition) is 2. The zero-order chi connectivity index (χ0) is 33.7. The van der Waals surface area contributed by atoms with Crippen LogP contribution >= 0.6 is 0 Å². The SMILES string of the molecule is CCOC(=O)c1ccccc1C1CCC(N2CCC(NC(=O)N3C(=O)NC(COC)=C(C(=O)OC)[C@@H]3c3ccc(F)c(F)c3)C2)CC1. The van der Waals surface area contributed by atoms with Crippen LogP contribution in [0.5, 0.6) is 0 Å². The van der Waals surface area contributed by atoms with Crippen LogP contribution in [-0.4, -0.2) is 86.4 Å². The Morgan fingerprint density at radius 2 is 1.72 bits per heavy atom. The van der Waals surface area contributed by atoms with Crippen LogP contribution < -0.4 is 10.6 Å². The van der Waals surface area contributed by atoms with Crippen LogP contribution in [0.15, 0.2) is 53.7 Å². The molecule has 11 nitrogen and oxygen atoms in total. The number of halogens is 2. The van der Waals surface area contributed by atoms with E-state index in [0.29, 0.717) is 31.2 Å². The average Bonchev–Trinajstić information content (AvgIpc) is 3.54. The van der Waals surface area contributed by atoms with Gasteiger partial charge in [-0.25, -0.2) is 32.9 Å². The Labute approximate surface area is 272 Å². The summed E-state index contributed by atoms with van der Waals surface area (Å²) in [5, 5.41) is 5.46. The van der Waals surface area contributed by atoms with Gasteiger partial charge in [0.15, 0.2) is 11.6 Å². The van der Waals surface area contributed by atoms with Crippen LogP contribution in [0.3, 0.4) is 0 Å². The average molecular weight is 655 g/mol. The predicted octanol–water partition coefficient (Wildman–Crippen LogP) is 4.79. The highest BCUT2D eigenvalue weighted by Gasteiger charge is 2.44. The molecule has 2 fully saturated rings. The van der Waals surface area contributed by atoms with Crippen molar-refractivity contribution in [3.05, 3.63) is 82.1 Å². The monoisotopic (exact) mass is 654 g/mol. The van der Waals surface area contributed by atoms with Gasteiger partial charge < -0.3 is 24.8 Å². The first kappa shape index (κ1) is 34.0. The van der Waals surface area contributed by atoms with E-state index in [1.165, 1.54) is 13.2 Å². The first-order valence-corrected chi connectivity index (χ1v) is 15.8. The van der Waals surface area contributed by atoms with Gasteiger partial charge in [0.25, 0.3) is 0 Å². The Balaban J connectivity index is 1.28. The Morgan fingerprint density at radius 1 is 0.979 bits per heavy atom. The highest BCUT2D eigenvalue weighted by Crippen LogP contribution is 2.38. The van der Waals surface area contributed by atoms with Crippen molar-refractivity contribution in [3.63, 3.8) is 0 Å². The fourth-order valence-electron chi connectivity index (χ4n) is 6.96. The van der Waals surface area contributed by atoms with Crippen LogP contribution in [-0.2, 0) is 19.0 Å². The van der Waals surface area contributed by atoms with Crippen molar-refractivity contribution in [2.45, 2.75) is 63.1 Å². The number of hydrogen-bond acceptors (Lipinski definition) is 8. The third kappa shape index (κ3) is 7.31. The summed E-state index contributed by atoms with van der Waals surface area (Å²) in [6.45, 7) is 3.21. The molecule has 2 heterocycles. The number of rotatable bonds is 9. The molecule has 0 spiro atoms. The predicted molar refractivity (Wildman–Crippen MR) is 166 cm³/mol. The van der Waals surface area contributed by atoms with Crippen LogP contribution in [0.4, 0.5) is 18.4 Å². The normalized spacial score (nSPS) is 23.3. The van der Waals surface area contributed by atoms with Crippen molar-refractivity contribution in [1.29, 1.82) is 0 Å². The number of nitrogens with zero attached hydrogens (tertiary/aromatic N) is 2. The van der Waals surface area contributed by atoms with Gasteiger partial charge in [0.1, 0.15) is 6.04 Å². The Hall–Kier alpha value is -4.36. The summed E-state index contributed by atoms with van der Waals surface area (Å²) in [6.07, 6.45) is 4.29. The molecule has 3 aliphatic rings. The molecule has 0 bridgehead atoms. The minimum absolute atomic E-state index is 0.0113. The third-order valence-corrected chi connectivity index (χ3v) is 9.16. The summed E-state index contributed by atoms with van der Waals surface area (Å²) >= 11 is 0. The van der Waals surface area contributed by atoms with E-state index in [0.717, 1.165) is 61.9 Å². The highest BCUT2D eigenvalue weighted by atomic mass is 19.2. The van der Waals surface area contributed by atoms with Crippen LogP contribution in [0.25, 0.3) is 0 Å². The third-order valence-electron chi connectivity index (χ3n) is 9.16. The first-order chi connectivity index (χ1) is 22.7. The van der Waals surface area contributed by atoms with Gasteiger partial charge in [0, 0.05) is 32.3 Å². The number of likely N-dealkylation sites (tertiary alicyclic amines) is 1. The fraction of sp³-hybridized carbons (Fsp3) is 0.471. The molecule has 2 N–H and O–H groups in total. The second kappa shape index (κ2) is 15.0. The largest absolute Gasteiger partial charge is 0.466 e. The molecule has 1 saturated carbocycles.